The number of amides is 1. The quantitative estimate of drug-likeness (QED) is 0.875. The number of rotatable bonds is 3. The van der Waals surface area contributed by atoms with Crippen LogP contribution < -0.4 is 10.1 Å². The van der Waals surface area contributed by atoms with Gasteiger partial charge in [0.05, 0.1) is 0 Å². The molecule has 1 spiro atoms. The van der Waals surface area contributed by atoms with E-state index in [1.807, 2.05) is 0 Å². The smallest absolute Gasteiger partial charge is 0.226 e. The molecule has 1 aliphatic carbocycles. The van der Waals surface area contributed by atoms with Crippen molar-refractivity contribution in [3.05, 3.63) is 29.3 Å². The van der Waals surface area contributed by atoms with Crippen LogP contribution in [0.3, 0.4) is 0 Å². The van der Waals surface area contributed by atoms with Crippen LogP contribution >= 0.6 is 12.4 Å². The van der Waals surface area contributed by atoms with Crippen molar-refractivity contribution in [3.8, 4) is 5.75 Å². The predicted octanol–water partition coefficient (Wildman–Crippen LogP) is 3.48. The molecule has 1 amide bonds. The molecule has 1 atom stereocenters. The Labute approximate surface area is 163 Å². The molecule has 2 heterocycles. The summed E-state index contributed by atoms with van der Waals surface area (Å²) < 4.78 is 6.23. The highest BCUT2D eigenvalue weighted by Crippen LogP contribution is 2.59. The first kappa shape index (κ1) is 19.5. The molecule has 2 aliphatic heterocycles. The molecule has 0 bridgehead atoms. The molecule has 1 aromatic rings. The third kappa shape index (κ3) is 3.86. The number of likely N-dealkylation sites (tertiary alicyclic amines) is 1. The molecule has 3 fully saturated rings. The van der Waals surface area contributed by atoms with Crippen molar-refractivity contribution in [1.82, 2.24) is 10.2 Å². The Morgan fingerprint density at radius 1 is 1.19 bits per heavy atom. The lowest BCUT2D eigenvalue weighted by Crippen LogP contribution is -2.43. The van der Waals surface area contributed by atoms with Gasteiger partial charge in [-0.25, -0.2) is 0 Å². The summed E-state index contributed by atoms with van der Waals surface area (Å²) in [5, 5.41) is 3.42. The third-order valence-corrected chi connectivity index (χ3v) is 6.48. The zero-order valence-corrected chi connectivity index (χ0v) is 16.7. The lowest BCUT2D eigenvalue weighted by atomic mass is 9.91. The maximum atomic E-state index is 12.9. The summed E-state index contributed by atoms with van der Waals surface area (Å²) in [6.45, 7) is 8.04. The van der Waals surface area contributed by atoms with E-state index in [9.17, 15) is 4.79 Å². The first-order valence-electron chi connectivity index (χ1n) is 9.81. The SMILES string of the molecule is Cc1ccc(C)c(OC2CCN(C(=O)C3CC34CCNCC4)CC2)c1.Cl. The second-order valence-corrected chi connectivity index (χ2v) is 8.28. The van der Waals surface area contributed by atoms with Gasteiger partial charge in [0.1, 0.15) is 11.9 Å². The number of carbonyl (C=O) groups excluding carboxylic acids is 1. The van der Waals surface area contributed by atoms with Gasteiger partial charge in [-0.05, 0) is 68.8 Å². The molecule has 26 heavy (non-hydrogen) atoms. The van der Waals surface area contributed by atoms with E-state index in [4.69, 9.17) is 4.74 Å². The number of piperidine rings is 2. The first-order chi connectivity index (χ1) is 12.1. The summed E-state index contributed by atoms with van der Waals surface area (Å²) >= 11 is 0. The molecule has 1 N–H and O–H groups in total. The largest absolute Gasteiger partial charge is 0.490 e. The van der Waals surface area contributed by atoms with Crippen molar-refractivity contribution >= 4 is 18.3 Å². The van der Waals surface area contributed by atoms with E-state index >= 15 is 0 Å². The van der Waals surface area contributed by atoms with Gasteiger partial charge in [0.15, 0.2) is 0 Å². The van der Waals surface area contributed by atoms with E-state index in [1.165, 1.54) is 24.0 Å². The maximum Gasteiger partial charge on any atom is 0.226 e. The van der Waals surface area contributed by atoms with E-state index < -0.39 is 0 Å². The number of carbonyl (C=O) groups is 1. The van der Waals surface area contributed by atoms with Crippen LogP contribution in [-0.4, -0.2) is 43.1 Å². The number of hydrogen-bond donors (Lipinski definition) is 1. The monoisotopic (exact) mass is 378 g/mol. The van der Waals surface area contributed by atoms with E-state index in [0.717, 1.165) is 51.2 Å². The molecule has 4 nitrogen and oxygen atoms in total. The lowest BCUT2D eigenvalue weighted by Gasteiger charge is -2.33. The first-order valence-corrected chi connectivity index (χ1v) is 9.81. The average molecular weight is 379 g/mol. The van der Waals surface area contributed by atoms with Crippen LogP contribution in [0.4, 0.5) is 0 Å². The number of nitrogens with one attached hydrogen (secondary N) is 1. The standard InChI is InChI=1S/C21H30N2O2.ClH/c1-15-3-4-16(2)19(13-15)25-17-5-11-23(12-6-17)20(24)18-14-21(18)7-9-22-10-8-21;/h3-4,13,17-18,22H,5-12,14H2,1-2H3;1H. The van der Waals surface area contributed by atoms with Gasteiger partial charge >= 0.3 is 0 Å². The van der Waals surface area contributed by atoms with Crippen molar-refractivity contribution in [2.45, 2.75) is 52.1 Å². The van der Waals surface area contributed by atoms with E-state index in [1.54, 1.807) is 0 Å². The van der Waals surface area contributed by atoms with Gasteiger partial charge in [-0.15, -0.1) is 12.4 Å². The zero-order chi connectivity index (χ0) is 17.4. The molecule has 1 aromatic carbocycles. The summed E-state index contributed by atoms with van der Waals surface area (Å²) in [6.07, 6.45) is 5.59. The Morgan fingerprint density at radius 3 is 2.58 bits per heavy atom. The lowest BCUT2D eigenvalue weighted by molar-refractivity contribution is -0.135. The zero-order valence-electron chi connectivity index (χ0n) is 15.9. The molecule has 5 heteroatoms. The summed E-state index contributed by atoms with van der Waals surface area (Å²) in [4.78, 5) is 15.0. The van der Waals surface area contributed by atoms with Crippen molar-refractivity contribution in [1.29, 1.82) is 0 Å². The Hall–Kier alpha value is -1.26. The van der Waals surface area contributed by atoms with Crippen molar-refractivity contribution < 1.29 is 9.53 Å². The van der Waals surface area contributed by atoms with Gasteiger partial charge in [-0.2, -0.15) is 0 Å². The van der Waals surface area contributed by atoms with Crippen LogP contribution in [0.15, 0.2) is 18.2 Å². The number of ether oxygens (including phenoxy) is 1. The normalized spacial score (nSPS) is 24.8. The van der Waals surface area contributed by atoms with Gasteiger partial charge in [0.2, 0.25) is 5.91 Å². The highest BCUT2D eigenvalue weighted by atomic mass is 35.5. The van der Waals surface area contributed by atoms with Crippen LogP contribution in [0.1, 0.15) is 43.2 Å². The van der Waals surface area contributed by atoms with Gasteiger partial charge in [-0.1, -0.05) is 12.1 Å². The molecule has 0 radical (unpaired) electrons. The number of hydrogen-bond acceptors (Lipinski definition) is 3. The number of halogens is 1. The van der Waals surface area contributed by atoms with Gasteiger partial charge < -0.3 is 15.0 Å². The molecular formula is C21H31ClN2O2. The summed E-state index contributed by atoms with van der Waals surface area (Å²) in [6, 6.07) is 6.36. The molecule has 4 rings (SSSR count). The van der Waals surface area contributed by atoms with E-state index in [-0.39, 0.29) is 18.5 Å². The molecule has 0 aromatic heterocycles. The van der Waals surface area contributed by atoms with Crippen LogP contribution in [0, 0.1) is 25.2 Å². The van der Waals surface area contributed by atoms with E-state index in [0.29, 0.717) is 17.2 Å². The summed E-state index contributed by atoms with van der Waals surface area (Å²) in [7, 11) is 0. The fourth-order valence-corrected chi connectivity index (χ4v) is 4.60. The Balaban J connectivity index is 0.00000196. The van der Waals surface area contributed by atoms with E-state index in [2.05, 4.69) is 42.3 Å². The number of benzene rings is 1. The Bertz CT molecular complexity index is 649. The summed E-state index contributed by atoms with van der Waals surface area (Å²) in [5.41, 5.74) is 2.76. The van der Waals surface area contributed by atoms with Gasteiger partial charge in [0, 0.05) is 31.8 Å². The highest BCUT2D eigenvalue weighted by Gasteiger charge is 2.58. The number of aryl methyl sites for hydroxylation is 2. The third-order valence-electron chi connectivity index (χ3n) is 6.48. The molecule has 144 valence electrons. The predicted molar refractivity (Wildman–Crippen MR) is 106 cm³/mol. The fourth-order valence-electron chi connectivity index (χ4n) is 4.60. The van der Waals surface area contributed by atoms with Gasteiger partial charge in [0.25, 0.3) is 0 Å². The minimum absolute atomic E-state index is 0. The Morgan fingerprint density at radius 2 is 1.88 bits per heavy atom. The van der Waals surface area contributed by atoms with Crippen molar-refractivity contribution in [2.24, 2.45) is 11.3 Å². The van der Waals surface area contributed by atoms with Crippen LogP contribution in [0.25, 0.3) is 0 Å². The van der Waals surface area contributed by atoms with Crippen molar-refractivity contribution in [2.75, 3.05) is 26.2 Å². The van der Waals surface area contributed by atoms with Crippen LogP contribution in [0.5, 0.6) is 5.75 Å². The fraction of sp³-hybridized carbons (Fsp3) is 0.667. The Kier molecular flexibility index (Phi) is 5.83. The van der Waals surface area contributed by atoms with Crippen molar-refractivity contribution in [3.63, 3.8) is 0 Å². The minimum atomic E-state index is 0. The average Bonchev–Trinajstić information content (AvgIpc) is 3.31. The maximum absolute atomic E-state index is 12.9. The van der Waals surface area contributed by atoms with Crippen LogP contribution in [-0.2, 0) is 4.79 Å². The second kappa shape index (κ2) is 7.77. The molecule has 3 aliphatic rings. The topological polar surface area (TPSA) is 41.6 Å². The minimum Gasteiger partial charge on any atom is -0.490 e. The molecule has 1 unspecified atom stereocenters. The molecule has 2 saturated heterocycles. The van der Waals surface area contributed by atoms with Gasteiger partial charge in [-0.3, -0.25) is 4.79 Å². The molecule has 1 saturated carbocycles. The van der Waals surface area contributed by atoms with Crippen LogP contribution in [0.2, 0.25) is 0 Å². The second-order valence-electron chi connectivity index (χ2n) is 8.28. The molecular weight excluding hydrogens is 348 g/mol. The highest BCUT2D eigenvalue weighted by molar-refractivity contribution is 5.85. The summed E-state index contributed by atoms with van der Waals surface area (Å²) in [5.74, 6) is 1.71. The number of nitrogens with zero attached hydrogens (tertiary/aromatic N) is 1.